The zero-order valence-corrected chi connectivity index (χ0v) is 12.3. The molecule has 0 spiro atoms. The third-order valence-electron chi connectivity index (χ3n) is 3.44. The summed E-state index contributed by atoms with van der Waals surface area (Å²) in [7, 11) is 4.12. The van der Waals surface area contributed by atoms with E-state index in [4.69, 9.17) is 4.74 Å². The first-order chi connectivity index (χ1) is 9.65. The van der Waals surface area contributed by atoms with Crippen molar-refractivity contribution in [2.75, 3.05) is 33.8 Å². The summed E-state index contributed by atoms with van der Waals surface area (Å²) in [5.74, 6) is 0. The van der Waals surface area contributed by atoms with E-state index in [0.29, 0.717) is 0 Å². The van der Waals surface area contributed by atoms with Crippen LogP contribution in [0.25, 0.3) is 5.65 Å². The molecular weight excluding hydrogens is 254 g/mol. The highest BCUT2D eigenvalue weighted by Gasteiger charge is 2.23. The molecule has 6 heteroatoms. The fraction of sp³-hybridized carbons (Fsp3) is 0.571. The second-order valence-electron chi connectivity index (χ2n) is 5.53. The number of ether oxygens (including phenoxy) is 1. The SMILES string of the molecule is Cc1cc2ncc(CN(C)C)c(C3CNCCO3)n2n1. The Kier molecular flexibility index (Phi) is 3.69. The molecule has 108 valence electrons. The first-order valence-corrected chi connectivity index (χ1v) is 6.96. The van der Waals surface area contributed by atoms with Gasteiger partial charge in [0.25, 0.3) is 0 Å². The molecule has 0 aliphatic carbocycles. The van der Waals surface area contributed by atoms with Gasteiger partial charge in [-0.3, -0.25) is 0 Å². The molecule has 1 aliphatic rings. The Labute approximate surface area is 118 Å². The van der Waals surface area contributed by atoms with E-state index >= 15 is 0 Å². The maximum absolute atomic E-state index is 5.93. The standard InChI is InChI=1S/C14H21N5O/c1-10-6-13-16-7-11(9-18(2)3)14(19(13)17-10)12-8-15-4-5-20-12/h6-7,12,15H,4-5,8-9H2,1-3H3. The van der Waals surface area contributed by atoms with Gasteiger partial charge in [-0.25, -0.2) is 9.50 Å². The first-order valence-electron chi connectivity index (χ1n) is 6.96. The van der Waals surface area contributed by atoms with E-state index in [1.54, 1.807) is 0 Å². The van der Waals surface area contributed by atoms with Crippen LogP contribution in [-0.4, -0.2) is 53.3 Å². The lowest BCUT2D eigenvalue weighted by Crippen LogP contribution is -2.35. The second-order valence-corrected chi connectivity index (χ2v) is 5.53. The van der Waals surface area contributed by atoms with Crippen LogP contribution in [0.3, 0.4) is 0 Å². The van der Waals surface area contributed by atoms with Crippen LogP contribution >= 0.6 is 0 Å². The molecule has 0 saturated carbocycles. The van der Waals surface area contributed by atoms with Gasteiger partial charge in [0.05, 0.1) is 18.0 Å². The highest BCUT2D eigenvalue weighted by molar-refractivity contribution is 5.42. The second kappa shape index (κ2) is 5.47. The van der Waals surface area contributed by atoms with Gasteiger partial charge < -0.3 is 15.0 Å². The Hall–Kier alpha value is -1.50. The van der Waals surface area contributed by atoms with Crippen LogP contribution < -0.4 is 5.32 Å². The lowest BCUT2D eigenvalue weighted by Gasteiger charge is -2.26. The van der Waals surface area contributed by atoms with Crippen LogP contribution in [0, 0.1) is 6.92 Å². The lowest BCUT2D eigenvalue weighted by molar-refractivity contribution is 0.0227. The maximum Gasteiger partial charge on any atom is 0.155 e. The summed E-state index contributed by atoms with van der Waals surface area (Å²) >= 11 is 0. The molecule has 3 rings (SSSR count). The van der Waals surface area contributed by atoms with Crippen LogP contribution in [0.5, 0.6) is 0 Å². The van der Waals surface area contributed by atoms with Gasteiger partial charge in [0.1, 0.15) is 6.10 Å². The van der Waals surface area contributed by atoms with Crippen molar-refractivity contribution in [3.63, 3.8) is 0 Å². The molecule has 3 heterocycles. The first kappa shape index (κ1) is 13.5. The van der Waals surface area contributed by atoms with Crippen molar-refractivity contribution in [1.29, 1.82) is 0 Å². The third kappa shape index (κ3) is 2.54. The summed E-state index contributed by atoms with van der Waals surface area (Å²) in [6.45, 7) is 5.28. The van der Waals surface area contributed by atoms with Gasteiger partial charge in [-0.2, -0.15) is 5.10 Å². The van der Waals surface area contributed by atoms with Crippen molar-refractivity contribution in [3.05, 3.63) is 29.2 Å². The molecular formula is C14H21N5O. The van der Waals surface area contributed by atoms with Crippen LogP contribution in [0.1, 0.15) is 23.1 Å². The zero-order valence-electron chi connectivity index (χ0n) is 12.3. The van der Waals surface area contributed by atoms with E-state index in [9.17, 15) is 0 Å². The fourth-order valence-electron chi connectivity index (χ4n) is 2.65. The molecule has 1 N–H and O–H groups in total. The molecule has 6 nitrogen and oxygen atoms in total. The fourth-order valence-corrected chi connectivity index (χ4v) is 2.65. The lowest BCUT2D eigenvalue weighted by atomic mass is 10.1. The van der Waals surface area contributed by atoms with Gasteiger partial charge in [-0.1, -0.05) is 0 Å². The number of hydrogen-bond acceptors (Lipinski definition) is 5. The average molecular weight is 275 g/mol. The van der Waals surface area contributed by atoms with Crippen LogP contribution in [0.15, 0.2) is 12.3 Å². The van der Waals surface area contributed by atoms with Gasteiger partial charge in [0.2, 0.25) is 0 Å². The molecule has 1 atom stereocenters. The zero-order chi connectivity index (χ0) is 14.1. The molecule has 0 bridgehead atoms. The largest absolute Gasteiger partial charge is 0.369 e. The van der Waals surface area contributed by atoms with Gasteiger partial charge in [-0.05, 0) is 21.0 Å². The topological polar surface area (TPSA) is 54.7 Å². The molecule has 2 aromatic heterocycles. The average Bonchev–Trinajstić information content (AvgIpc) is 2.79. The normalized spacial score (nSPS) is 19.9. The minimum atomic E-state index is 0.0310. The number of nitrogens with zero attached hydrogens (tertiary/aromatic N) is 4. The van der Waals surface area contributed by atoms with Crippen LogP contribution in [0.4, 0.5) is 0 Å². The highest BCUT2D eigenvalue weighted by Crippen LogP contribution is 2.24. The van der Waals surface area contributed by atoms with Gasteiger partial charge in [0.15, 0.2) is 5.65 Å². The maximum atomic E-state index is 5.93. The molecule has 1 unspecified atom stereocenters. The molecule has 1 fully saturated rings. The van der Waals surface area contributed by atoms with Gasteiger partial charge in [-0.15, -0.1) is 0 Å². The summed E-state index contributed by atoms with van der Waals surface area (Å²) in [6.07, 6.45) is 1.98. The van der Waals surface area contributed by atoms with Crippen molar-refractivity contribution >= 4 is 5.65 Å². The number of morpholine rings is 1. The predicted octanol–water partition coefficient (Wildman–Crippen LogP) is 0.760. The third-order valence-corrected chi connectivity index (χ3v) is 3.44. The van der Waals surface area contributed by atoms with Crippen molar-refractivity contribution in [3.8, 4) is 0 Å². The van der Waals surface area contributed by atoms with E-state index in [0.717, 1.165) is 43.3 Å². The number of aryl methyl sites for hydroxylation is 1. The summed E-state index contributed by atoms with van der Waals surface area (Å²) in [5, 5.41) is 7.97. The molecule has 0 aromatic carbocycles. The number of rotatable bonds is 3. The summed E-state index contributed by atoms with van der Waals surface area (Å²) < 4.78 is 7.87. The van der Waals surface area contributed by atoms with E-state index in [2.05, 4.69) is 34.4 Å². The number of fused-ring (bicyclic) bond motifs is 1. The predicted molar refractivity (Wildman–Crippen MR) is 76.7 cm³/mol. The molecule has 0 radical (unpaired) electrons. The number of hydrogen-bond donors (Lipinski definition) is 1. The monoisotopic (exact) mass is 275 g/mol. The molecule has 1 saturated heterocycles. The summed E-state index contributed by atoms with van der Waals surface area (Å²) in [4.78, 5) is 6.65. The summed E-state index contributed by atoms with van der Waals surface area (Å²) in [6, 6.07) is 2.00. The van der Waals surface area contributed by atoms with E-state index in [1.807, 2.05) is 23.7 Å². The van der Waals surface area contributed by atoms with Gasteiger partial charge >= 0.3 is 0 Å². The van der Waals surface area contributed by atoms with Crippen molar-refractivity contribution in [2.24, 2.45) is 0 Å². The van der Waals surface area contributed by atoms with Crippen molar-refractivity contribution in [1.82, 2.24) is 24.8 Å². The smallest absolute Gasteiger partial charge is 0.155 e. The molecule has 20 heavy (non-hydrogen) atoms. The minimum Gasteiger partial charge on any atom is -0.369 e. The quantitative estimate of drug-likeness (QED) is 0.896. The Balaban J connectivity index is 2.11. The van der Waals surface area contributed by atoms with Crippen LogP contribution in [-0.2, 0) is 11.3 Å². The minimum absolute atomic E-state index is 0.0310. The van der Waals surface area contributed by atoms with Crippen molar-refractivity contribution < 1.29 is 4.74 Å². The Morgan fingerprint density at radius 3 is 3.05 bits per heavy atom. The highest BCUT2D eigenvalue weighted by atomic mass is 16.5. The summed E-state index contributed by atoms with van der Waals surface area (Å²) in [5.41, 5.74) is 4.14. The Morgan fingerprint density at radius 2 is 2.35 bits per heavy atom. The molecule has 1 aliphatic heterocycles. The molecule has 0 amide bonds. The Morgan fingerprint density at radius 1 is 1.50 bits per heavy atom. The van der Waals surface area contributed by atoms with Gasteiger partial charge in [0, 0.05) is 37.5 Å². The molecule has 2 aromatic rings. The van der Waals surface area contributed by atoms with E-state index in [-0.39, 0.29) is 6.10 Å². The number of aromatic nitrogens is 3. The van der Waals surface area contributed by atoms with E-state index < -0.39 is 0 Å². The van der Waals surface area contributed by atoms with Crippen LogP contribution in [0.2, 0.25) is 0 Å². The number of nitrogens with one attached hydrogen (secondary N) is 1. The van der Waals surface area contributed by atoms with E-state index in [1.165, 1.54) is 5.56 Å². The Bertz CT molecular complexity index is 601. The van der Waals surface area contributed by atoms with Crippen molar-refractivity contribution in [2.45, 2.75) is 19.6 Å².